The first-order valence-electron chi connectivity index (χ1n) is 28.8. The lowest BCUT2D eigenvalue weighted by atomic mass is 9.12. The van der Waals surface area contributed by atoms with Crippen LogP contribution in [-0.4, -0.2) is 105 Å². The van der Waals surface area contributed by atoms with Crippen molar-refractivity contribution in [3.63, 3.8) is 0 Å². The molecule has 3 spiro atoms. The Labute approximate surface area is 436 Å². The molecule has 1 amide bonds. The molecular weight excluding hydrogens is 937 g/mol. The van der Waals surface area contributed by atoms with Crippen molar-refractivity contribution < 1.29 is 54.1 Å². The molecule has 402 valence electrons. The maximum atomic E-state index is 16.9. The van der Waals surface area contributed by atoms with E-state index >= 15 is 9.59 Å². The van der Waals surface area contributed by atoms with Crippen molar-refractivity contribution >= 4 is 17.8 Å². The zero-order valence-electron chi connectivity index (χ0n) is 44.8. The number of carbonyl (C=O) groups is 3. The molecule has 8 fully saturated rings. The molecule has 2 saturated heterocycles. The molecule has 13 nitrogen and oxygen atoms in total. The van der Waals surface area contributed by atoms with Crippen LogP contribution in [0.3, 0.4) is 0 Å². The van der Waals surface area contributed by atoms with Crippen molar-refractivity contribution in [1.82, 2.24) is 10.3 Å². The highest BCUT2D eigenvalue weighted by Crippen LogP contribution is 2.97. The van der Waals surface area contributed by atoms with Crippen LogP contribution in [0, 0.1) is 83.7 Å². The first-order chi connectivity index (χ1) is 35.2. The topological polar surface area (TPSA) is 208 Å². The van der Waals surface area contributed by atoms with Crippen LogP contribution in [0.5, 0.6) is 0 Å². The van der Waals surface area contributed by atoms with Gasteiger partial charge in [-0.2, -0.15) is 0 Å². The Kier molecular flexibility index (Phi) is 10.7. The smallest absolute Gasteiger partial charge is 0.335 e. The quantitative estimate of drug-likeness (QED) is 0.0537. The van der Waals surface area contributed by atoms with Crippen molar-refractivity contribution in [1.29, 1.82) is 0 Å². The number of hydrogen-bond donors (Lipinski definition) is 7. The third-order valence-electron chi connectivity index (χ3n) is 25.5. The second-order valence-corrected chi connectivity index (χ2v) is 27.4. The van der Waals surface area contributed by atoms with Crippen LogP contribution in [0.4, 0.5) is 0 Å². The number of H-pyrrole nitrogens is 1. The SMILES string of the molecule is CCCCC[C@@H]1C[C@@H]2C[C@H]3C(C)(C)[C@@H](O[C@@H]4O[C@H](C(=O)O)[C@@H](O)[C@H](O)[C@H]4O)C[C@@]45C=CC6=C[C@]17C(=O)N[C@H]1[C@@]8(C)CC=C[C@@]19C1=C[C@H](CC4)[C@@]6([C@]2(C)[C@]17CC[C@@]9(C(=O)O)[C@@H](COC)C8)[C@]35CCc1c[nH]cc1CC. The number of allylic oxidation sites excluding steroid dienone is 5. The van der Waals surface area contributed by atoms with Crippen molar-refractivity contribution in [2.75, 3.05) is 13.7 Å². The van der Waals surface area contributed by atoms with E-state index in [1.54, 1.807) is 7.11 Å². The van der Waals surface area contributed by atoms with Gasteiger partial charge < -0.3 is 50.0 Å². The van der Waals surface area contributed by atoms with Crippen LogP contribution in [0.1, 0.15) is 143 Å². The van der Waals surface area contributed by atoms with E-state index in [2.05, 4.69) is 101 Å². The van der Waals surface area contributed by atoms with Crippen LogP contribution in [-0.2, 0) is 41.4 Å². The second kappa shape index (κ2) is 15.8. The molecule has 0 unspecified atom stereocenters. The van der Waals surface area contributed by atoms with Gasteiger partial charge in [-0.05, 0) is 151 Å². The minimum Gasteiger partial charge on any atom is -0.481 e. The van der Waals surface area contributed by atoms with Crippen LogP contribution in [0.25, 0.3) is 0 Å². The van der Waals surface area contributed by atoms with Gasteiger partial charge >= 0.3 is 11.9 Å². The summed E-state index contributed by atoms with van der Waals surface area (Å²) in [5.41, 5.74) is -1.52. The number of ether oxygens (including phenoxy) is 3. The van der Waals surface area contributed by atoms with Gasteiger partial charge in [-0.15, -0.1) is 0 Å². The van der Waals surface area contributed by atoms with Gasteiger partial charge in [-0.3, -0.25) is 9.59 Å². The first kappa shape index (κ1) is 49.9. The van der Waals surface area contributed by atoms with Crippen molar-refractivity contribution in [2.24, 2.45) is 83.7 Å². The summed E-state index contributed by atoms with van der Waals surface area (Å²) < 4.78 is 19.1. The summed E-state index contributed by atoms with van der Waals surface area (Å²) >= 11 is 0. The third-order valence-corrected chi connectivity index (χ3v) is 25.5. The highest BCUT2D eigenvalue weighted by Gasteiger charge is 2.94. The Balaban J connectivity index is 1.11. The molecular formula is C61H82N2O11. The van der Waals surface area contributed by atoms with E-state index < -0.39 is 109 Å². The normalized spacial score (nSPS) is 51.8. The van der Waals surface area contributed by atoms with Gasteiger partial charge in [0.25, 0.3) is 0 Å². The fourth-order valence-corrected chi connectivity index (χ4v) is 23.3. The van der Waals surface area contributed by atoms with Gasteiger partial charge in [0, 0.05) is 47.7 Å². The van der Waals surface area contributed by atoms with E-state index in [0.29, 0.717) is 32.3 Å². The molecule has 13 rings (SSSR count). The number of aryl methyl sites for hydroxylation is 2. The number of carbonyl (C=O) groups excluding carboxylic acids is 1. The molecule has 7 N–H and O–H groups in total. The van der Waals surface area contributed by atoms with E-state index in [9.17, 15) is 30.3 Å². The monoisotopic (exact) mass is 1020 g/mol. The van der Waals surface area contributed by atoms with Gasteiger partial charge in [0.15, 0.2) is 12.4 Å². The van der Waals surface area contributed by atoms with Gasteiger partial charge in [0.1, 0.15) is 18.3 Å². The molecule has 6 saturated carbocycles. The molecule has 10 aliphatic carbocycles. The summed E-state index contributed by atoms with van der Waals surface area (Å²) in [6, 6.07) is -0.415. The highest BCUT2D eigenvalue weighted by molar-refractivity contribution is 5.93. The number of hydrogen-bond acceptors (Lipinski definition) is 9. The predicted octanol–water partition coefficient (Wildman–Crippen LogP) is 8.23. The molecule has 1 aromatic heterocycles. The minimum absolute atomic E-state index is 0.00855. The molecule has 0 aromatic carbocycles. The molecule has 74 heavy (non-hydrogen) atoms. The van der Waals surface area contributed by atoms with E-state index in [1.165, 1.54) is 22.3 Å². The fourth-order valence-electron chi connectivity index (χ4n) is 23.3. The van der Waals surface area contributed by atoms with Crippen molar-refractivity contribution in [3.05, 3.63) is 71.1 Å². The Bertz CT molecular complexity index is 2710. The first-order valence-corrected chi connectivity index (χ1v) is 28.8. The number of aromatic amines is 1. The van der Waals surface area contributed by atoms with E-state index in [4.69, 9.17) is 14.2 Å². The Morgan fingerprint density at radius 1 is 0.905 bits per heavy atom. The number of unbranched alkanes of at least 4 members (excludes halogenated alkanes) is 2. The molecule has 0 radical (unpaired) electrons. The number of aromatic nitrogens is 1. The highest BCUT2D eigenvalue weighted by atomic mass is 16.7. The zero-order chi connectivity index (χ0) is 52.2. The fraction of sp³-hybridized carbons (Fsp3) is 0.754. The van der Waals surface area contributed by atoms with E-state index in [0.717, 1.165) is 77.0 Å². The van der Waals surface area contributed by atoms with E-state index in [1.807, 2.05) is 0 Å². The van der Waals surface area contributed by atoms with Crippen LogP contribution >= 0.6 is 0 Å². The molecule has 21 atom stereocenters. The molecule has 2 aliphatic heterocycles. The van der Waals surface area contributed by atoms with Gasteiger partial charge in [0.2, 0.25) is 5.91 Å². The molecule has 13 heteroatoms. The number of rotatable bonds is 14. The Hall–Kier alpha value is -3.59. The summed E-state index contributed by atoms with van der Waals surface area (Å²) in [5, 5.41) is 59.9. The molecule has 3 heterocycles. The zero-order valence-corrected chi connectivity index (χ0v) is 44.8. The Morgan fingerprint density at radius 3 is 2.42 bits per heavy atom. The molecule has 12 aliphatic rings. The number of carboxylic acids is 2. The van der Waals surface area contributed by atoms with Crippen LogP contribution < -0.4 is 5.32 Å². The number of amides is 1. The maximum Gasteiger partial charge on any atom is 0.335 e. The summed E-state index contributed by atoms with van der Waals surface area (Å²) in [6.07, 6.45) is 23.2. The lowest BCUT2D eigenvalue weighted by Crippen LogP contribution is -2.87. The maximum absolute atomic E-state index is 16.9. The van der Waals surface area contributed by atoms with Crippen LogP contribution in [0.2, 0.25) is 0 Å². The summed E-state index contributed by atoms with van der Waals surface area (Å²) in [5.74, 6) is -2.18. The Morgan fingerprint density at radius 2 is 1.69 bits per heavy atom. The van der Waals surface area contributed by atoms with Crippen molar-refractivity contribution in [3.8, 4) is 0 Å². The third kappa shape index (κ3) is 5.12. The summed E-state index contributed by atoms with van der Waals surface area (Å²) in [4.78, 5) is 47.9. The lowest BCUT2D eigenvalue weighted by molar-refractivity contribution is -0.385. The lowest BCUT2D eigenvalue weighted by Gasteiger charge is -2.90. The minimum atomic E-state index is -1.83. The number of aliphatic hydroxyl groups is 3. The van der Waals surface area contributed by atoms with Crippen LogP contribution in [0.15, 0.2) is 60.0 Å². The second-order valence-electron chi connectivity index (χ2n) is 27.4. The predicted molar refractivity (Wildman–Crippen MR) is 274 cm³/mol. The van der Waals surface area contributed by atoms with Gasteiger partial charge in [-0.1, -0.05) is 103 Å². The average Bonchev–Trinajstić information content (AvgIpc) is 2.64. The van der Waals surface area contributed by atoms with Gasteiger partial charge in [-0.25, -0.2) is 4.79 Å². The number of methoxy groups -OCH3 is 1. The summed E-state index contributed by atoms with van der Waals surface area (Å²) in [7, 11) is 1.71. The van der Waals surface area contributed by atoms with Crippen molar-refractivity contribution in [2.45, 2.75) is 187 Å². The average molecular weight is 1020 g/mol. The summed E-state index contributed by atoms with van der Waals surface area (Å²) in [6.45, 7) is 14.4. The number of nitrogens with one attached hydrogen (secondary N) is 2. The van der Waals surface area contributed by atoms with E-state index in [-0.39, 0.29) is 35.5 Å². The largest absolute Gasteiger partial charge is 0.481 e. The molecule has 1 aromatic rings. The number of aliphatic hydroxyl groups excluding tert-OH is 3. The van der Waals surface area contributed by atoms with Gasteiger partial charge in [0.05, 0.1) is 23.5 Å². The standard InChI is InChI=1S/C61H82N2O11/c1-8-10-11-13-35-24-38-26-40-52(3,4)42(73-48-45(66)43(64)44(65)46(74-48)47(67)68)29-55-19-15-36-25-41-57-18-12-17-53(5)27-39(32-72-7)56(57,51(70)71)22-23-59(41)54(38,6)61(36,60(40,55)21-14-34-31-62-30-33(34)9-2)37(16-20-55)28-58(35,59)50(69)63-49(53)57/h12,16,18,20,25,28,30-31,35-36,38-40,42-46,48-49,62,64-66H,8-11,13-15,17,19,21-24,26-27,29,32H2,1-7H3,(H,63,69)(H,67,68)(H,70,71)/t35-,36+,38-,39-,40+,42+,43+,44+,45-,46+,48-,49+,53+,54+,55+,56+,57-,58-,59+,60-,61-/m1/s1. The number of carboxylic acid groups (broad SMARTS) is 2. The molecule has 7 bridgehead atoms. The number of aliphatic carboxylic acids is 2.